The lowest BCUT2D eigenvalue weighted by Crippen LogP contribution is -2.26. The lowest BCUT2D eigenvalue weighted by Gasteiger charge is -2.14. The average Bonchev–Trinajstić information content (AvgIpc) is 2.69. The minimum atomic E-state index is -0.493. The summed E-state index contributed by atoms with van der Waals surface area (Å²) in [6, 6.07) is 19.0. The van der Waals surface area contributed by atoms with Crippen molar-refractivity contribution in [1.29, 1.82) is 5.26 Å². The first-order valence-electron chi connectivity index (χ1n) is 8.71. The van der Waals surface area contributed by atoms with E-state index in [1.54, 1.807) is 6.92 Å². The van der Waals surface area contributed by atoms with Gasteiger partial charge in [-0.1, -0.05) is 52.3 Å². The van der Waals surface area contributed by atoms with Gasteiger partial charge in [0, 0.05) is 17.2 Å². The van der Waals surface area contributed by atoms with Crippen LogP contribution in [-0.2, 0) is 13.0 Å². The van der Waals surface area contributed by atoms with Gasteiger partial charge in [0.1, 0.15) is 11.6 Å². The van der Waals surface area contributed by atoms with Gasteiger partial charge in [-0.2, -0.15) is 5.26 Å². The zero-order valence-electron chi connectivity index (χ0n) is 15.3. The van der Waals surface area contributed by atoms with E-state index in [0.29, 0.717) is 23.2 Å². The molecule has 0 atom stereocenters. The summed E-state index contributed by atoms with van der Waals surface area (Å²) >= 11 is 3.39. The highest BCUT2D eigenvalue weighted by Gasteiger charge is 2.17. The number of aromatic hydroxyl groups is 1. The molecule has 0 unspecified atom stereocenters. The van der Waals surface area contributed by atoms with E-state index in [0.717, 1.165) is 10.0 Å². The zero-order valence-corrected chi connectivity index (χ0v) is 16.8. The number of aryl methyl sites for hydroxylation is 1. The molecule has 0 aliphatic heterocycles. The number of hydrogen-bond acceptors (Lipinski definition) is 4. The van der Waals surface area contributed by atoms with E-state index >= 15 is 0 Å². The van der Waals surface area contributed by atoms with Crippen molar-refractivity contribution < 1.29 is 5.11 Å². The fraction of sp³-hybridized carbons (Fsp3) is 0.136. The van der Waals surface area contributed by atoms with Gasteiger partial charge < -0.3 is 5.11 Å². The summed E-state index contributed by atoms with van der Waals surface area (Å²) in [6.07, 6.45) is 2.05. The maximum atomic E-state index is 12.7. The van der Waals surface area contributed by atoms with Crippen LogP contribution in [0.1, 0.15) is 22.3 Å². The first-order valence-corrected chi connectivity index (χ1v) is 9.50. The van der Waals surface area contributed by atoms with Gasteiger partial charge in [0.2, 0.25) is 5.88 Å². The molecule has 0 saturated carbocycles. The van der Waals surface area contributed by atoms with Gasteiger partial charge in [-0.25, -0.2) is 0 Å². The Morgan fingerprint density at radius 1 is 1.21 bits per heavy atom. The van der Waals surface area contributed by atoms with Crippen LogP contribution >= 0.6 is 15.9 Å². The molecule has 0 spiro atoms. The molecule has 2 aromatic carbocycles. The first-order chi connectivity index (χ1) is 13.5. The molecule has 3 rings (SSSR count). The van der Waals surface area contributed by atoms with Crippen molar-refractivity contribution in [3.8, 4) is 11.9 Å². The van der Waals surface area contributed by atoms with Crippen molar-refractivity contribution >= 4 is 27.8 Å². The Balaban J connectivity index is 2.02. The Bertz CT molecular complexity index is 1130. The molecule has 0 bridgehead atoms. The molecule has 5 nitrogen and oxygen atoms in total. The second kappa shape index (κ2) is 8.68. The van der Waals surface area contributed by atoms with Gasteiger partial charge in [-0.3, -0.25) is 14.4 Å². The maximum Gasteiger partial charge on any atom is 0.271 e. The van der Waals surface area contributed by atoms with E-state index in [9.17, 15) is 15.2 Å². The molecule has 1 N–H and O–H groups in total. The molecule has 28 heavy (non-hydrogen) atoms. The molecular formula is C22H18BrN3O2. The van der Waals surface area contributed by atoms with Crippen molar-refractivity contribution in [3.05, 3.63) is 91.7 Å². The standard InChI is InChI=1S/C22H18BrN3O2/c1-15-19(13-24)21(27)26(11-10-16-6-3-2-4-7-16)22(28)20(15)14-25-18-9-5-8-17(23)12-18/h2-9,12,14,28H,10-11H2,1H3. The number of nitriles is 1. The Kier molecular flexibility index (Phi) is 6.07. The maximum absolute atomic E-state index is 12.7. The number of nitrogens with zero attached hydrogens (tertiary/aromatic N) is 3. The third kappa shape index (κ3) is 4.21. The van der Waals surface area contributed by atoms with E-state index in [-0.39, 0.29) is 18.0 Å². The van der Waals surface area contributed by atoms with Crippen LogP contribution in [-0.4, -0.2) is 15.9 Å². The summed E-state index contributed by atoms with van der Waals surface area (Å²) in [5.74, 6) is -0.184. The van der Waals surface area contributed by atoms with Gasteiger partial charge in [-0.15, -0.1) is 0 Å². The highest BCUT2D eigenvalue weighted by Crippen LogP contribution is 2.23. The van der Waals surface area contributed by atoms with Gasteiger partial charge in [0.05, 0.1) is 11.3 Å². The third-order valence-corrected chi connectivity index (χ3v) is 4.96. The van der Waals surface area contributed by atoms with Crippen LogP contribution < -0.4 is 5.56 Å². The number of halogens is 1. The predicted molar refractivity (Wildman–Crippen MR) is 113 cm³/mol. The zero-order chi connectivity index (χ0) is 20.1. The highest BCUT2D eigenvalue weighted by molar-refractivity contribution is 9.10. The third-order valence-electron chi connectivity index (χ3n) is 4.46. The van der Waals surface area contributed by atoms with Crippen LogP contribution in [0.5, 0.6) is 5.88 Å². The molecule has 0 radical (unpaired) electrons. The van der Waals surface area contributed by atoms with Crippen molar-refractivity contribution in [1.82, 2.24) is 4.57 Å². The van der Waals surface area contributed by atoms with Crippen LogP contribution in [0.15, 0.2) is 68.9 Å². The average molecular weight is 436 g/mol. The second-order valence-corrected chi connectivity index (χ2v) is 7.20. The summed E-state index contributed by atoms with van der Waals surface area (Å²) < 4.78 is 2.12. The molecule has 1 heterocycles. The van der Waals surface area contributed by atoms with Gasteiger partial charge >= 0.3 is 0 Å². The molecule has 1 aromatic heterocycles. The Morgan fingerprint density at radius 2 is 1.96 bits per heavy atom. The van der Waals surface area contributed by atoms with E-state index in [2.05, 4.69) is 20.9 Å². The van der Waals surface area contributed by atoms with Crippen LogP contribution in [0, 0.1) is 18.3 Å². The molecule has 3 aromatic rings. The normalized spacial score (nSPS) is 10.9. The van der Waals surface area contributed by atoms with Crippen LogP contribution in [0.25, 0.3) is 0 Å². The van der Waals surface area contributed by atoms with Crippen LogP contribution in [0.4, 0.5) is 5.69 Å². The lowest BCUT2D eigenvalue weighted by molar-refractivity contribution is 0.404. The highest BCUT2D eigenvalue weighted by atomic mass is 79.9. The van der Waals surface area contributed by atoms with Gasteiger partial charge in [-0.05, 0) is 42.7 Å². The second-order valence-electron chi connectivity index (χ2n) is 6.28. The summed E-state index contributed by atoms with van der Waals surface area (Å²) in [6.45, 7) is 1.91. The van der Waals surface area contributed by atoms with Crippen LogP contribution in [0.3, 0.4) is 0 Å². The Morgan fingerprint density at radius 3 is 2.64 bits per heavy atom. The van der Waals surface area contributed by atoms with Crippen molar-refractivity contribution in [2.75, 3.05) is 0 Å². The Labute approximate surface area is 171 Å². The monoisotopic (exact) mass is 435 g/mol. The molecule has 0 aliphatic rings. The lowest BCUT2D eigenvalue weighted by atomic mass is 10.1. The minimum absolute atomic E-state index is 0.0153. The van der Waals surface area contributed by atoms with Crippen molar-refractivity contribution in [2.45, 2.75) is 19.9 Å². The number of aromatic nitrogens is 1. The molecule has 0 fully saturated rings. The summed E-state index contributed by atoms with van der Waals surface area (Å²) in [5.41, 5.74) is 2.03. The molecule has 6 heteroatoms. The number of rotatable bonds is 5. The number of pyridine rings is 1. The van der Waals surface area contributed by atoms with Gasteiger partial charge in [0.15, 0.2) is 0 Å². The van der Waals surface area contributed by atoms with E-state index in [1.165, 1.54) is 10.8 Å². The fourth-order valence-electron chi connectivity index (χ4n) is 2.91. The number of aliphatic imine (C=N–C) groups is 1. The van der Waals surface area contributed by atoms with E-state index in [1.807, 2.05) is 60.7 Å². The van der Waals surface area contributed by atoms with Gasteiger partial charge in [0.25, 0.3) is 5.56 Å². The minimum Gasteiger partial charge on any atom is -0.494 e. The summed E-state index contributed by atoms with van der Waals surface area (Å²) in [7, 11) is 0. The fourth-order valence-corrected chi connectivity index (χ4v) is 3.30. The van der Waals surface area contributed by atoms with Crippen molar-refractivity contribution in [2.24, 2.45) is 4.99 Å². The topological polar surface area (TPSA) is 78.4 Å². The number of benzene rings is 2. The molecular weight excluding hydrogens is 418 g/mol. The van der Waals surface area contributed by atoms with E-state index < -0.39 is 5.56 Å². The largest absolute Gasteiger partial charge is 0.494 e. The number of hydrogen-bond donors (Lipinski definition) is 1. The van der Waals surface area contributed by atoms with Crippen LogP contribution in [0.2, 0.25) is 0 Å². The first kappa shape index (κ1) is 19.6. The molecule has 140 valence electrons. The SMILES string of the molecule is Cc1c(C=Nc2cccc(Br)c2)c(O)n(CCc2ccccc2)c(=O)c1C#N. The molecule has 0 aliphatic carbocycles. The Hall–Kier alpha value is -3.17. The van der Waals surface area contributed by atoms with Crippen molar-refractivity contribution in [3.63, 3.8) is 0 Å². The molecule has 0 saturated heterocycles. The summed E-state index contributed by atoms with van der Waals surface area (Å²) in [4.78, 5) is 17.0. The van der Waals surface area contributed by atoms with E-state index in [4.69, 9.17) is 0 Å². The molecule has 0 amide bonds. The quantitative estimate of drug-likeness (QED) is 0.599. The summed E-state index contributed by atoms with van der Waals surface area (Å²) in [5, 5.41) is 20.2. The predicted octanol–water partition coefficient (Wildman–Crippen LogP) is 4.49. The smallest absolute Gasteiger partial charge is 0.271 e.